The topological polar surface area (TPSA) is 72.5 Å². The lowest BCUT2D eigenvalue weighted by molar-refractivity contribution is -0.147. The van der Waals surface area contributed by atoms with E-state index in [4.69, 9.17) is 4.74 Å². The highest BCUT2D eigenvalue weighted by molar-refractivity contribution is 8.01. The highest BCUT2D eigenvalue weighted by Crippen LogP contribution is 2.36. The number of hydrogen-bond donors (Lipinski definition) is 1. The van der Waals surface area contributed by atoms with Crippen molar-refractivity contribution in [3.8, 4) is 0 Å². The predicted octanol–water partition coefficient (Wildman–Crippen LogP) is 3.92. The van der Waals surface area contributed by atoms with Gasteiger partial charge in [0.05, 0.1) is 17.4 Å². The molecule has 5 nitrogen and oxygen atoms in total. The normalized spacial score (nSPS) is 16.9. The molecule has 2 atom stereocenters. The van der Waals surface area contributed by atoms with Gasteiger partial charge in [-0.05, 0) is 50.1 Å². The number of esters is 1. The molecule has 0 unspecified atom stereocenters. The first-order valence-electron chi connectivity index (χ1n) is 8.72. The first-order chi connectivity index (χ1) is 12.8. The molecule has 2 aromatic carbocycles. The summed E-state index contributed by atoms with van der Waals surface area (Å²) < 4.78 is 5.29. The molecule has 6 heteroatoms. The Kier molecular flexibility index (Phi) is 5.65. The van der Waals surface area contributed by atoms with Crippen molar-refractivity contribution in [3.05, 3.63) is 59.2 Å². The Hall–Kier alpha value is -2.60. The van der Waals surface area contributed by atoms with E-state index in [1.54, 1.807) is 19.1 Å². The van der Waals surface area contributed by atoms with Crippen molar-refractivity contribution in [1.29, 1.82) is 0 Å². The number of Topliss-reactive ketones (excluding diaryl/α,β-unsaturated/α-hetero) is 1. The Balaban J connectivity index is 1.61. The van der Waals surface area contributed by atoms with Crippen molar-refractivity contribution in [2.45, 2.75) is 43.4 Å². The van der Waals surface area contributed by atoms with Crippen LogP contribution < -0.4 is 5.32 Å². The molecule has 1 N–H and O–H groups in total. The molecular weight excluding hydrogens is 362 g/mol. The number of benzene rings is 2. The van der Waals surface area contributed by atoms with Crippen LogP contribution in [0.1, 0.15) is 34.8 Å². The molecule has 0 aromatic heterocycles. The van der Waals surface area contributed by atoms with Crippen LogP contribution in [0, 0.1) is 13.8 Å². The summed E-state index contributed by atoms with van der Waals surface area (Å²) in [5, 5.41) is 2.22. The molecule has 0 saturated carbocycles. The molecule has 3 rings (SSSR count). The van der Waals surface area contributed by atoms with Crippen LogP contribution >= 0.6 is 11.8 Å². The average molecular weight is 383 g/mol. The van der Waals surface area contributed by atoms with E-state index in [1.165, 1.54) is 11.8 Å². The predicted molar refractivity (Wildman–Crippen MR) is 105 cm³/mol. The van der Waals surface area contributed by atoms with Gasteiger partial charge in [-0.15, -0.1) is 11.8 Å². The Morgan fingerprint density at radius 3 is 2.63 bits per heavy atom. The highest BCUT2D eigenvalue weighted by atomic mass is 32.2. The summed E-state index contributed by atoms with van der Waals surface area (Å²) in [7, 11) is 0. The van der Waals surface area contributed by atoms with Gasteiger partial charge < -0.3 is 10.1 Å². The number of ether oxygens (including phenoxy) is 1. The second-order valence-electron chi connectivity index (χ2n) is 6.59. The van der Waals surface area contributed by atoms with Crippen molar-refractivity contribution in [2.24, 2.45) is 0 Å². The SMILES string of the molecule is Cc1ccc(C(=O)[C@H](C)OC(=O)C[C@H]2Sc3ccccc3NC2=O)cc1C. The van der Waals surface area contributed by atoms with E-state index in [-0.39, 0.29) is 18.1 Å². The molecule has 1 aliphatic rings. The molecule has 0 radical (unpaired) electrons. The second-order valence-corrected chi connectivity index (χ2v) is 7.84. The van der Waals surface area contributed by atoms with Crippen LogP contribution in [0.4, 0.5) is 5.69 Å². The molecule has 140 valence electrons. The molecule has 2 aromatic rings. The van der Waals surface area contributed by atoms with Gasteiger partial charge in [-0.25, -0.2) is 0 Å². The van der Waals surface area contributed by atoms with Gasteiger partial charge in [0.1, 0.15) is 0 Å². The Labute approximate surface area is 162 Å². The fourth-order valence-corrected chi connectivity index (χ4v) is 3.90. The van der Waals surface area contributed by atoms with E-state index in [0.717, 1.165) is 21.7 Å². The Bertz CT molecular complexity index is 909. The number of ketones is 1. The molecule has 0 saturated heterocycles. The Morgan fingerprint density at radius 1 is 1.15 bits per heavy atom. The van der Waals surface area contributed by atoms with Crippen LogP contribution in [0.2, 0.25) is 0 Å². The first-order valence-corrected chi connectivity index (χ1v) is 9.60. The number of nitrogens with one attached hydrogen (secondary N) is 1. The van der Waals surface area contributed by atoms with E-state index < -0.39 is 17.3 Å². The van der Waals surface area contributed by atoms with E-state index in [0.29, 0.717) is 5.56 Å². The Morgan fingerprint density at radius 2 is 1.89 bits per heavy atom. The number of carbonyl (C=O) groups excluding carboxylic acids is 3. The molecule has 0 aliphatic carbocycles. The average Bonchev–Trinajstić information content (AvgIpc) is 2.64. The van der Waals surface area contributed by atoms with Crippen LogP contribution in [-0.4, -0.2) is 29.0 Å². The van der Waals surface area contributed by atoms with Gasteiger partial charge in [0.25, 0.3) is 0 Å². The fourth-order valence-electron chi connectivity index (χ4n) is 2.81. The first kappa shape index (κ1) is 19.2. The number of hydrogen-bond acceptors (Lipinski definition) is 5. The van der Waals surface area contributed by atoms with Crippen molar-refractivity contribution in [2.75, 3.05) is 5.32 Å². The van der Waals surface area contributed by atoms with E-state index in [2.05, 4.69) is 5.32 Å². The molecule has 1 aliphatic heterocycles. The quantitative estimate of drug-likeness (QED) is 0.626. The lowest BCUT2D eigenvalue weighted by atomic mass is 10.0. The van der Waals surface area contributed by atoms with Crippen LogP contribution in [0.3, 0.4) is 0 Å². The molecule has 27 heavy (non-hydrogen) atoms. The summed E-state index contributed by atoms with van der Waals surface area (Å²) in [6, 6.07) is 12.8. The zero-order valence-corrected chi connectivity index (χ0v) is 16.3. The van der Waals surface area contributed by atoms with E-state index in [1.807, 2.05) is 44.2 Å². The van der Waals surface area contributed by atoms with Crippen LogP contribution in [0.25, 0.3) is 0 Å². The van der Waals surface area contributed by atoms with Gasteiger partial charge in [0.15, 0.2) is 6.10 Å². The minimum Gasteiger partial charge on any atom is -0.454 e. The smallest absolute Gasteiger partial charge is 0.308 e. The number of para-hydroxylation sites is 1. The summed E-state index contributed by atoms with van der Waals surface area (Å²) in [6.45, 7) is 5.45. The lowest BCUT2D eigenvalue weighted by Crippen LogP contribution is -2.33. The highest BCUT2D eigenvalue weighted by Gasteiger charge is 2.30. The van der Waals surface area contributed by atoms with Crippen LogP contribution in [-0.2, 0) is 14.3 Å². The maximum Gasteiger partial charge on any atom is 0.308 e. The van der Waals surface area contributed by atoms with Crippen LogP contribution in [0.5, 0.6) is 0 Å². The maximum absolute atomic E-state index is 12.5. The number of thioether (sulfide) groups is 1. The zero-order chi connectivity index (χ0) is 19.6. The summed E-state index contributed by atoms with van der Waals surface area (Å²) in [6.07, 6.45) is -0.987. The number of fused-ring (bicyclic) bond motifs is 1. The fraction of sp³-hybridized carbons (Fsp3) is 0.286. The molecule has 0 spiro atoms. The minimum atomic E-state index is -0.899. The standard InChI is InChI=1S/C21H21NO4S/c1-12-8-9-15(10-13(12)2)20(24)14(3)26-19(23)11-18-21(25)22-16-6-4-5-7-17(16)27-18/h4-10,14,18H,11H2,1-3H3,(H,22,25)/t14-,18+/m0/s1. The number of carbonyl (C=O) groups is 3. The number of anilines is 1. The molecule has 1 amide bonds. The second kappa shape index (κ2) is 7.96. The van der Waals surface area contributed by atoms with Crippen molar-refractivity contribution >= 4 is 35.1 Å². The summed E-state index contributed by atoms with van der Waals surface area (Å²) in [4.78, 5) is 37.9. The number of rotatable bonds is 5. The van der Waals surface area contributed by atoms with Gasteiger partial charge in [0, 0.05) is 10.5 Å². The third-order valence-corrected chi connectivity index (χ3v) is 5.80. The van der Waals surface area contributed by atoms with Gasteiger partial charge in [0.2, 0.25) is 11.7 Å². The summed E-state index contributed by atoms with van der Waals surface area (Å²) in [5.41, 5.74) is 3.36. The van der Waals surface area contributed by atoms with E-state index >= 15 is 0 Å². The number of amides is 1. The molecule has 1 heterocycles. The van der Waals surface area contributed by atoms with Crippen molar-refractivity contribution in [1.82, 2.24) is 0 Å². The van der Waals surface area contributed by atoms with Gasteiger partial charge in [-0.2, -0.15) is 0 Å². The van der Waals surface area contributed by atoms with Crippen LogP contribution in [0.15, 0.2) is 47.4 Å². The minimum absolute atomic E-state index is 0.0879. The molecule has 0 bridgehead atoms. The number of aryl methyl sites for hydroxylation is 2. The monoisotopic (exact) mass is 383 g/mol. The lowest BCUT2D eigenvalue weighted by Gasteiger charge is -2.23. The van der Waals surface area contributed by atoms with Crippen molar-refractivity contribution in [3.63, 3.8) is 0 Å². The molecule has 0 fully saturated rings. The third-order valence-electron chi connectivity index (χ3n) is 4.53. The summed E-state index contributed by atoms with van der Waals surface area (Å²) >= 11 is 1.33. The van der Waals surface area contributed by atoms with Gasteiger partial charge >= 0.3 is 5.97 Å². The third kappa shape index (κ3) is 4.39. The van der Waals surface area contributed by atoms with Gasteiger partial charge in [-0.3, -0.25) is 14.4 Å². The van der Waals surface area contributed by atoms with Gasteiger partial charge in [-0.1, -0.05) is 24.3 Å². The zero-order valence-electron chi connectivity index (χ0n) is 15.4. The summed E-state index contributed by atoms with van der Waals surface area (Å²) in [5.74, 6) is -1.05. The molecular formula is C21H21NO4S. The van der Waals surface area contributed by atoms with E-state index in [9.17, 15) is 14.4 Å². The van der Waals surface area contributed by atoms with Crippen molar-refractivity contribution < 1.29 is 19.1 Å². The largest absolute Gasteiger partial charge is 0.454 e. The maximum atomic E-state index is 12.5.